The molecule has 7 nitrogen and oxygen atoms in total. The Hall–Kier alpha value is -2.66. The van der Waals surface area contributed by atoms with E-state index in [2.05, 4.69) is 20.0 Å². The highest BCUT2D eigenvalue weighted by Crippen LogP contribution is 2.32. The number of aromatic nitrogens is 2. The third kappa shape index (κ3) is 5.83. The van der Waals surface area contributed by atoms with Crippen LogP contribution < -0.4 is 15.4 Å². The second-order valence-electron chi connectivity index (χ2n) is 7.36. The summed E-state index contributed by atoms with van der Waals surface area (Å²) in [6, 6.07) is 6.29. The van der Waals surface area contributed by atoms with Gasteiger partial charge in [-0.15, -0.1) is 12.4 Å². The third-order valence-corrected chi connectivity index (χ3v) is 5.86. The summed E-state index contributed by atoms with van der Waals surface area (Å²) in [4.78, 5) is 16.9. The number of hydrogen-bond acceptors (Lipinski definition) is 7. The predicted octanol–water partition coefficient (Wildman–Crippen LogP) is 4.17. The number of nitrogens with zero attached hydrogens (tertiary/aromatic N) is 2. The lowest BCUT2D eigenvalue weighted by molar-refractivity contribution is 0.102. The minimum Gasteiger partial charge on any atom is -0.478 e. The zero-order valence-electron chi connectivity index (χ0n) is 17.5. The molecule has 0 aliphatic carbocycles. The van der Waals surface area contributed by atoms with E-state index in [-0.39, 0.29) is 41.0 Å². The van der Waals surface area contributed by atoms with E-state index in [1.807, 2.05) is 0 Å². The van der Waals surface area contributed by atoms with Crippen LogP contribution in [0.15, 0.2) is 36.5 Å². The molecule has 1 unspecified atom stereocenters. The van der Waals surface area contributed by atoms with Crippen LogP contribution in [-0.2, 0) is 6.61 Å². The van der Waals surface area contributed by atoms with Crippen molar-refractivity contribution >= 4 is 35.5 Å². The molecule has 0 radical (unpaired) electrons. The first-order valence-electron chi connectivity index (χ1n) is 10.3. The Labute approximate surface area is 199 Å². The van der Waals surface area contributed by atoms with Crippen molar-refractivity contribution in [3.63, 3.8) is 0 Å². The normalized spacial score (nSPS) is 15.9. The molecule has 3 aromatic rings. The van der Waals surface area contributed by atoms with Gasteiger partial charge in [0, 0.05) is 17.1 Å². The molecule has 176 valence electrons. The van der Waals surface area contributed by atoms with Crippen molar-refractivity contribution in [2.45, 2.75) is 32.0 Å². The van der Waals surface area contributed by atoms with Gasteiger partial charge in [-0.3, -0.25) is 4.79 Å². The third-order valence-electron chi connectivity index (χ3n) is 5.17. The van der Waals surface area contributed by atoms with Gasteiger partial charge in [-0.2, -0.15) is 4.37 Å². The number of hydrogen-bond donors (Lipinski definition) is 3. The van der Waals surface area contributed by atoms with Crippen LogP contribution in [0.25, 0.3) is 11.3 Å². The van der Waals surface area contributed by atoms with Gasteiger partial charge in [0.05, 0.1) is 12.8 Å². The highest BCUT2D eigenvalue weighted by Gasteiger charge is 2.21. The van der Waals surface area contributed by atoms with E-state index in [0.29, 0.717) is 10.8 Å². The maximum absolute atomic E-state index is 14.5. The number of ether oxygens (including phenoxy) is 1. The quantitative estimate of drug-likeness (QED) is 0.474. The molecular formula is C22H23ClF2N4O3S. The first-order chi connectivity index (χ1) is 15.6. The van der Waals surface area contributed by atoms with Crippen LogP contribution in [0.3, 0.4) is 0 Å². The fourth-order valence-corrected chi connectivity index (χ4v) is 4.18. The van der Waals surface area contributed by atoms with E-state index >= 15 is 0 Å². The van der Waals surface area contributed by atoms with E-state index in [1.165, 1.54) is 24.4 Å². The highest BCUT2D eigenvalue weighted by molar-refractivity contribution is 7.08. The summed E-state index contributed by atoms with van der Waals surface area (Å²) in [5.41, 5.74) is -0.0585. The smallest absolute Gasteiger partial charge is 0.274 e. The van der Waals surface area contributed by atoms with E-state index in [4.69, 9.17) is 4.74 Å². The number of rotatable bonds is 6. The minimum absolute atomic E-state index is 0. The molecule has 4 rings (SSSR count). The second kappa shape index (κ2) is 11.5. The molecule has 1 aromatic carbocycles. The Morgan fingerprint density at radius 3 is 2.88 bits per heavy atom. The molecule has 1 fully saturated rings. The summed E-state index contributed by atoms with van der Waals surface area (Å²) in [5.74, 6) is -2.15. The number of carbonyl (C=O) groups is 1. The molecule has 0 bridgehead atoms. The number of anilines is 1. The molecular weight excluding hydrogens is 474 g/mol. The molecule has 3 heterocycles. The topological polar surface area (TPSA) is 96.4 Å². The van der Waals surface area contributed by atoms with Crippen molar-refractivity contribution in [1.29, 1.82) is 0 Å². The van der Waals surface area contributed by atoms with Crippen LogP contribution in [0.4, 0.5) is 14.5 Å². The summed E-state index contributed by atoms with van der Waals surface area (Å²) < 4.78 is 39.0. The van der Waals surface area contributed by atoms with E-state index < -0.39 is 24.1 Å². The molecule has 0 saturated carbocycles. The van der Waals surface area contributed by atoms with Crippen LogP contribution in [0.1, 0.15) is 35.3 Å². The molecule has 1 atom stereocenters. The minimum atomic E-state index is -0.801. The summed E-state index contributed by atoms with van der Waals surface area (Å²) in [6.07, 6.45) is 4.26. The monoisotopic (exact) mass is 496 g/mol. The Bertz CT molecular complexity index is 1110. The molecule has 2 aromatic heterocycles. The van der Waals surface area contributed by atoms with Gasteiger partial charge in [0.1, 0.15) is 34.8 Å². The fraction of sp³-hybridized carbons (Fsp3) is 0.318. The number of pyridine rings is 1. The zero-order valence-corrected chi connectivity index (χ0v) is 19.1. The lowest BCUT2D eigenvalue weighted by atomic mass is 10.0. The standard InChI is InChI=1S/C22H22F2N4O3S.ClH/c23-15-5-1-3-13(12-29)19(15)20-16(24)6-7-17(27-20)21(30)28-18-11-26-32-22(18)31-14-4-2-9-25-10-8-14;/h1,3,5-7,11,14,25,29H,2,4,8-10,12H2,(H,28,30);1H. The summed E-state index contributed by atoms with van der Waals surface area (Å²) in [7, 11) is 0. The molecule has 11 heteroatoms. The van der Waals surface area contributed by atoms with Gasteiger partial charge in [-0.1, -0.05) is 12.1 Å². The summed E-state index contributed by atoms with van der Waals surface area (Å²) >= 11 is 1.13. The summed E-state index contributed by atoms with van der Waals surface area (Å²) in [5, 5.41) is 16.0. The van der Waals surface area contributed by atoms with Crippen molar-refractivity contribution in [1.82, 2.24) is 14.7 Å². The van der Waals surface area contributed by atoms with Crippen molar-refractivity contribution in [2.75, 3.05) is 18.4 Å². The van der Waals surface area contributed by atoms with Gasteiger partial charge >= 0.3 is 0 Å². The first-order valence-corrected chi connectivity index (χ1v) is 11.0. The van der Waals surface area contributed by atoms with Crippen LogP contribution in [-0.4, -0.2) is 39.6 Å². The number of carbonyl (C=O) groups excluding carboxylic acids is 1. The number of aliphatic hydroxyl groups excluding tert-OH is 1. The van der Waals surface area contributed by atoms with Crippen LogP contribution in [0.2, 0.25) is 0 Å². The van der Waals surface area contributed by atoms with Gasteiger partial charge in [0.2, 0.25) is 5.06 Å². The molecule has 1 aliphatic rings. The van der Waals surface area contributed by atoms with Crippen LogP contribution >= 0.6 is 23.9 Å². The van der Waals surface area contributed by atoms with Crippen molar-refractivity contribution in [2.24, 2.45) is 0 Å². The van der Waals surface area contributed by atoms with Crippen LogP contribution in [0.5, 0.6) is 5.06 Å². The number of nitrogens with one attached hydrogen (secondary N) is 2. The first kappa shape index (κ1) is 25.0. The maximum atomic E-state index is 14.5. The average molecular weight is 497 g/mol. The van der Waals surface area contributed by atoms with Crippen molar-refractivity contribution in [3.05, 3.63) is 59.4 Å². The predicted molar refractivity (Wildman–Crippen MR) is 124 cm³/mol. The van der Waals surface area contributed by atoms with Gasteiger partial charge in [-0.05, 0) is 56.1 Å². The second-order valence-corrected chi connectivity index (χ2v) is 8.12. The summed E-state index contributed by atoms with van der Waals surface area (Å²) in [6.45, 7) is 1.31. The van der Waals surface area contributed by atoms with Gasteiger partial charge in [-0.25, -0.2) is 13.8 Å². The van der Waals surface area contributed by atoms with Gasteiger partial charge in [0.15, 0.2) is 0 Å². The molecule has 1 aliphatic heterocycles. The molecule has 3 N–H and O–H groups in total. The lowest BCUT2D eigenvalue weighted by Crippen LogP contribution is -2.20. The van der Waals surface area contributed by atoms with E-state index in [1.54, 1.807) is 0 Å². The molecule has 1 amide bonds. The SMILES string of the molecule is Cl.O=C(Nc1cnsc1OC1CCCNCC1)c1ccc(F)c(-c2c(F)cccc2CO)n1. The Balaban J connectivity index is 0.00000306. The number of halogens is 3. The van der Waals surface area contributed by atoms with Crippen molar-refractivity contribution in [3.8, 4) is 16.3 Å². The number of amides is 1. The Morgan fingerprint density at radius 1 is 1.21 bits per heavy atom. The zero-order chi connectivity index (χ0) is 22.5. The molecule has 0 spiro atoms. The number of aliphatic hydroxyl groups is 1. The molecule has 1 saturated heterocycles. The Morgan fingerprint density at radius 2 is 2.06 bits per heavy atom. The van der Waals surface area contributed by atoms with Crippen LogP contribution in [0, 0.1) is 11.6 Å². The lowest BCUT2D eigenvalue weighted by Gasteiger charge is -2.16. The fourth-order valence-electron chi connectivity index (χ4n) is 3.55. The van der Waals surface area contributed by atoms with E-state index in [9.17, 15) is 18.7 Å². The maximum Gasteiger partial charge on any atom is 0.274 e. The largest absolute Gasteiger partial charge is 0.478 e. The highest BCUT2D eigenvalue weighted by atomic mass is 35.5. The van der Waals surface area contributed by atoms with Gasteiger partial charge < -0.3 is 20.5 Å². The van der Waals surface area contributed by atoms with Gasteiger partial charge in [0.25, 0.3) is 5.91 Å². The van der Waals surface area contributed by atoms with Crippen molar-refractivity contribution < 1.29 is 23.4 Å². The van der Waals surface area contributed by atoms with E-state index in [0.717, 1.165) is 56.0 Å². The molecule has 33 heavy (non-hydrogen) atoms. The Kier molecular flexibility index (Phi) is 8.67. The number of benzene rings is 1. The average Bonchev–Trinajstić information content (AvgIpc) is 3.05.